The Morgan fingerprint density at radius 2 is 1.91 bits per heavy atom. The van der Waals surface area contributed by atoms with Crippen LogP contribution in [-0.2, 0) is 0 Å². The zero-order valence-electron chi connectivity index (χ0n) is 12.2. The number of carbonyl (C=O) groups is 1. The first-order chi connectivity index (χ1) is 11.1. The maximum Gasteiger partial charge on any atom is 0.256 e. The summed E-state index contributed by atoms with van der Waals surface area (Å²) in [5, 5.41) is 3.42. The van der Waals surface area contributed by atoms with Gasteiger partial charge in [-0.2, -0.15) is 0 Å². The summed E-state index contributed by atoms with van der Waals surface area (Å²) in [6, 6.07) is 8.76. The molecule has 0 spiro atoms. The summed E-state index contributed by atoms with van der Waals surface area (Å²) in [6.45, 7) is 1.03. The minimum atomic E-state index is -0.244. The molecule has 0 aromatic heterocycles. The predicted octanol–water partition coefficient (Wildman–Crippen LogP) is 4.85. The monoisotopic (exact) mass is 413 g/mol. The van der Waals surface area contributed by atoms with Crippen molar-refractivity contribution >= 4 is 50.9 Å². The molecule has 120 valence electrons. The second-order valence-corrected chi connectivity index (χ2v) is 6.91. The number of carbonyl (C=O) groups excluding carboxylic acids is 1. The standard InChI is InChI=1S/C16H13BrClNO3S/c1-23-15-8-14-13(21-4-5-22-14)7-12(15)19-16(20)10-6-9(18)2-3-11(10)17/h2-3,6-8H,4-5H2,1H3,(H,19,20). The molecule has 23 heavy (non-hydrogen) atoms. The highest BCUT2D eigenvalue weighted by Gasteiger charge is 2.18. The van der Waals surface area contributed by atoms with Gasteiger partial charge in [-0.25, -0.2) is 0 Å². The highest BCUT2D eigenvalue weighted by Crippen LogP contribution is 2.39. The molecule has 0 radical (unpaired) electrons. The first kappa shape index (κ1) is 16.5. The van der Waals surface area contributed by atoms with Crippen molar-refractivity contribution in [1.29, 1.82) is 0 Å². The number of fused-ring (bicyclic) bond motifs is 1. The third-order valence-electron chi connectivity index (χ3n) is 3.29. The van der Waals surface area contributed by atoms with Gasteiger partial charge in [0.1, 0.15) is 13.2 Å². The molecule has 2 aromatic carbocycles. The van der Waals surface area contributed by atoms with E-state index >= 15 is 0 Å². The van der Waals surface area contributed by atoms with Gasteiger partial charge in [-0.15, -0.1) is 11.8 Å². The van der Waals surface area contributed by atoms with Gasteiger partial charge in [-0.1, -0.05) is 11.6 Å². The average Bonchev–Trinajstić information content (AvgIpc) is 2.56. The zero-order valence-corrected chi connectivity index (χ0v) is 15.3. The molecule has 1 aliphatic rings. The molecule has 0 unspecified atom stereocenters. The lowest BCUT2D eigenvalue weighted by Crippen LogP contribution is -2.17. The van der Waals surface area contributed by atoms with E-state index in [-0.39, 0.29) is 5.91 Å². The molecule has 0 saturated heterocycles. The van der Waals surface area contributed by atoms with E-state index in [0.717, 1.165) is 4.90 Å². The summed E-state index contributed by atoms with van der Waals surface area (Å²) in [5.41, 5.74) is 1.15. The maximum atomic E-state index is 12.5. The molecule has 1 heterocycles. The Hall–Kier alpha value is -1.37. The Labute approximate surface area is 151 Å². The van der Waals surface area contributed by atoms with Crippen LogP contribution in [0, 0.1) is 0 Å². The minimum Gasteiger partial charge on any atom is -0.486 e. The van der Waals surface area contributed by atoms with Gasteiger partial charge < -0.3 is 14.8 Å². The Balaban J connectivity index is 1.92. The van der Waals surface area contributed by atoms with Crippen LogP contribution in [0.1, 0.15) is 10.4 Å². The SMILES string of the molecule is CSc1cc2c(cc1NC(=O)c1cc(Cl)ccc1Br)OCCO2. The molecular weight excluding hydrogens is 402 g/mol. The van der Waals surface area contributed by atoms with Crippen LogP contribution < -0.4 is 14.8 Å². The highest BCUT2D eigenvalue weighted by molar-refractivity contribution is 9.10. The number of benzene rings is 2. The Morgan fingerprint density at radius 1 is 1.22 bits per heavy atom. The van der Waals surface area contributed by atoms with Gasteiger partial charge in [-0.3, -0.25) is 4.79 Å². The molecule has 2 aromatic rings. The largest absolute Gasteiger partial charge is 0.486 e. The van der Waals surface area contributed by atoms with Crippen molar-refractivity contribution in [2.75, 3.05) is 24.8 Å². The Morgan fingerprint density at radius 3 is 2.61 bits per heavy atom. The third-order valence-corrected chi connectivity index (χ3v) is 4.99. The van der Waals surface area contributed by atoms with E-state index in [1.54, 1.807) is 24.3 Å². The van der Waals surface area contributed by atoms with Gasteiger partial charge >= 0.3 is 0 Å². The summed E-state index contributed by atoms with van der Waals surface area (Å²) in [5.74, 6) is 1.09. The minimum absolute atomic E-state index is 0.244. The van der Waals surface area contributed by atoms with E-state index < -0.39 is 0 Å². The number of rotatable bonds is 3. The highest BCUT2D eigenvalue weighted by atomic mass is 79.9. The van der Waals surface area contributed by atoms with E-state index in [2.05, 4.69) is 21.2 Å². The second-order valence-electron chi connectivity index (χ2n) is 4.77. The fourth-order valence-corrected chi connectivity index (χ4v) is 3.35. The molecule has 0 atom stereocenters. The molecule has 0 saturated carbocycles. The van der Waals surface area contributed by atoms with E-state index in [4.69, 9.17) is 21.1 Å². The molecule has 4 nitrogen and oxygen atoms in total. The fraction of sp³-hybridized carbons (Fsp3) is 0.188. The van der Waals surface area contributed by atoms with E-state index in [1.165, 1.54) is 11.8 Å². The van der Waals surface area contributed by atoms with Gasteiger partial charge in [0.05, 0.1) is 11.3 Å². The first-order valence-electron chi connectivity index (χ1n) is 6.82. The van der Waals surface area contributed by atoms with Crippen molar-refractivity contribution in [2.45, 2.75) is 4.90 Å². The van der Waals surface area contributed by atoms with Crippen LogP contribution in [-0.4, -0.2) is 25.4 Å². The molecule has 0 bridgehead atoms. The maximum absolute atomic E-state index is 12.5. The molecular formula is C16H13BrClNO3S. The smallest absolute Gasteiger partial charge is 0.256 e. The van der Waals surface area contributed by atoms with Gasteiger partial charge in [-0.05, 0) is 46.5 Å². The van der Waals surface area contributed by atoms with Crippen LogP contribution in [0.4, 0.5) is 5.69 Å². The van der Waals surface area contributed by atoms with Crippen LogP contribution in [0.5, 0.6) is 11.5 Å². The van der Waals surface area contributed by atoms with Crippen LogP contribution in [0.15, 0.2) is 39.7 Å². The van der Waals surface area contributed by atoms with Crippen molar-refractivity contribution in [3.8, 4) is 11.5 Å². The molecule has 7 heteroatoms. The topological polar surface area (TPSA) is 47.6 Å². The number of amides is 1. The predicted molar refractivity (Wildman–Crippen MR) is 96.3 cm³/mol. The van der Waals surface area contributed by atoms with Gasteiger partial charge in [0.2, 0.25) is 0 Å². The fourth-order valence-electron chi connectivity index (χ4n) is 2.20. The van der Waals surface area contributed by atoms with E-state index in [1.807, 2.05) is 12.3 Å². The molecule has 0 fully saturated rings. The van der Waals surface area contributed by atoms with Crippen LogP contribution in [0.2, 0.25) is 5.02 Å². The zero-order chi connectivity index (χ0) is 16.4. The third kappa shape index (κ3) is 3.59. The quantitative estimate of drug-likeness (QED) is 0.730. The summed E-state index contributed by atoms with van der Waals surface area (Å²) in [4.78, 5) is 13.4. The van der Waals surface area contributed by atoms with E-state index in [0.29, 0.717) is 45.5 Å². The number of thioether (sulfide) groups is 1. The number of hydrogen-bond donors (Lipinski definition) is 1. The first-order valence-corrected chi connectivity index (χ1v) is 9.22. The van der Waals surface area contributed by atoms with Crippen molar-refractivity contribution < 1.29 is 14.3 Å². The molecule has 1 N–H and O–H groups in total. The lowest BCUT2D eigenvalue weighted by molar-refractivity contribution is 0.102. The van der Waals surface area contributed by atoms with E-state index in [9.17, 15) is 4.79 Å². The molecule has 1 amide bonds. The summed E-state index contributed by atoms with van der Waals surface area (Å²) < 4.78 is 11.8. The van der Waals surface area contributed by atoms with Gasteiger partial charge in [0.25, 0.3) is 5.91 Å². The molecule has 1 aliphatic heterocycles. The second kappa shape index (κ2) is 7.03. The van der Waals surface area contributed by atoms with Crippen molar-refractivity contribution in [1.82, 2.24) is 0 Å². The average molecular weight is 415 g/mol. The summed E-state index contributed by atoms with van der Waals surface area (Å²) in [6.07, 6.45) is 1.94. The van der Waals surface area contributed by atoms with Crippen molar-refractivity contribution in [2.24, 2.45) is 0 Å². The number of nitrogens with one attached hydrogen (secondary N) is 1. The summed E-state index contributed by atoms with van der Waals surface area (Å²) >= 11 is 10.9. The van der Waals surface area contributed by atoms with Gasteiger partial charge in [0, 0.05) is 20.5 Å². The lowest BCUT2D eigenvalue weighted by Gasteiger charge is -2.21. The number of halogens is 2. The lowest BCUT2D eigenvalue weighted by atomic mass is 10.2. The number of anilines is 1. The van der Waals surface area contributed by atoms with Crippen molar-refractivity contribution in [3.05, 3.63) is 45.4 Å². The molecule has 0 aliphatic carbocycles. The number of hydrogen-bond acceptors (Lipinski definition) is 4. The van der Waals surface area contributed by atoms with Crippen molar-refractivity contribution in [3.63, 3.8) is 0 Å². The molecule has 3 rings (SSSR count). The Kier molecular flexibility index (Phi) is 5.04. The van der Waals surface area contributed by atoms with Gasteiger partial charge in [0.15, 0.2) is 11.5 Å². The summed E-state index contributed by atoms with van der Waals surface area (Å²) in [7, 11) is 0. The van der Waals surface area contributed by atoms with Crippen LogP contribution in [0.3, 0.4) is 0 Å². The Bertz CT molecular complexity index is 769. The van der Waals surface area contributed by atoms with Crippen LogP contribution in [0.25, 0.3) is 0 Å². The normalized spacial score (nSPS) is 12.8. The van der Waals surface area contributed by atoms with Crippen LogP contribution >= 0.6 is 39.3 Å². The number of ether oxygens (including phenoxy) is 2.